The molecule has 0 saturated heterocycles. The van der Waals surface area contributed by atoms with Crippen LogP contribution in [0.3, 0.4) is 0 Å². The number of hydrogen-bond donors (Lipinski definition) is 1. The van der Waals surface area contributed by atoms with E-state index in [1.54, 1.807) is 0 Å². The van der Waals surface area contributed by atoms with E-state index in [1.165, 1.54) is 16.0 Å². The summed E-state index contributed by atoms with van der Waals surface area (Å²) < 4.78 is 5.32. The van der Waals surface area contributed by atoms with Crippen molar-refractivity contribution in [2.45, 2.75) is 44.3 Å². The van der Waals surface area contributed by atoms with Crippen LogP contribution < -0.4 is 5.32 Å². The Morgan fingerprint density at radius 1 is 1.26 bits per heavy atom. The van der Waals surface area contributed by atoms with Gasteiger partial charge in [-0.15, -0.1) is 11.8 Å². The summed E-state index contributed by atoms with van der Waals surface area (Å²) in [6, 6.07) is 6.71. The molecule has 0 aromatic heterocycles. The van der Waals surface area contributed by atoms with Crippen molar-refractivity contribution in [1.82, 2.24) is 5.32 Å². The normalized spacial score (nSPS) is 12.6. The van der Waals surface area contributed by atoms with Gasteiger partial charge in [-0.1, -0.05) is 13.0 Å². The van der Waals surface area contributed by atoms with E-state index < -0.39 is 0 Å². The minimum atomic E-state index is 0.592. The SMILES string of the molecule is CCOCCCNCC(C)Sc1ccc(C)c(C)c1. The highest BCUT2D eigenvalue weighted by Gasteiger charge is 2.04. The first-order valence-electron chi connectivity index (χ1n) is 7.16. The smallest absolute Gasteiger partial charge is 0.0477 e. The zero-order valence-electron chi connectivity index (χ0n) is 12.7. The lowest BCUT2D eigenvalue weighted by atomic mass is 10.1. The molecule has 0 aliphatic rings. The van der Waals surface area contributed by atoms with Crippen LogP contribution in [-0.2, 0) is 4.74 Å². The lowest BCUT2D eigenvalue weighted by molar-refractivity contribution is 0.145. The van der Waals surface area contributed by atoms with Gasteiger partial charge in [0, 0.05) is 29.9 Å². The Balaban J connectivity index is 2.19. The van der Waals surface area contributed by atoms with Crippen LogP contribution in [0, 0.1) is 13.8 Å². The summed E-state index contributed by atoms with van der Waals surface area (Å²) in [6.07, 6.45) is 1.09. The van der Waals surface area contributed by atoms with Crippen LogP contribution in [0.25, 0.3) is 0 Å². The first kappa shape index (κ1) is 16.5. The van der Waals surface area contributed by atoms with Gasteiger partial charge in [-0.05, 0) is 57.0 Å². The number of aryl methyl sites for hydroxylation is 2. The van der Waals surface area contributed by atoms with Crippen LogP contribution in [0.1, 0.15) is 31.4 Å². The topological polar surface area (TPSA) is 21.3 Å². The molecule has 0 heterocycles. The van der Waals surface area contributed by atoms with Crippen LogP contribution in [-0.4, -0.2) is 31.6 Å². The average Bonchev–Trinajstić information content (AvgIpc) is 2.38. The summed E-state index contributed by atoms with van der Waals surface area (Å²) in [5.74, 6) is 0. The van der Waals surface area contributed by atoms with Crippen molar-refractivity contribution >= 4 is 11.8 Å². The fourth-order valence-corrected chi connectivity index (χ4v) is 2.87. The molecule has 1 unspecified atom stereocenters. The van der Waals surface area contributed by atoms with Crippen LogP contribution in [0.5, 0.6) is 0 Å². The molecule has 1 rings (SSSR count). The lowest BCUT2D eigenvalue weighted by Crippen LogP contribution is -2.24. The van der Waals surface area contributed by atoms with E-state index in [0.717, 1.165) is 32.7 Å². The maximum Gasteiger partial charge on any atom is 0.0477 e. The maximum atomic E-state index is 5.32. The van der Waals surface area contributed by atoms with Crippen LogP contribution in [0.2, 0.25) is 0 Å². The van der Waals surface area contributed by atoms with E-state index in [-0.39, 0.29) is 0 Å². The molecule has 0 bridgehead atoms. The molecule has 0 spiro atoms. The molecule has 0 radical (unpaired) electrons. The third kappa shape index (κ3) is 7.00. The summed E-state index contributed by atoms with van der Waals surface area (Å²) in [6.45, 7) is 12.4. The quantitative estimate of drug-likeness (QED) is 0.549. The minimum Gasteiger partial charge on any atom is -0.382 e. The van der Waals surface area contributed by atoms with E-state index in [2.05, 4.69) is 44.3 Å². The van der Waals surface area contributed by atoms with Crippen LogP contribution in [0.4, 0.5) is 0 Å². The maximum absolute atomic E-state index is 5.32. The summed E-state index contributed by atoms with van der Waals surface area (Å²) in [5.41, 5.74) is 2.74. The molecule has 0 amide bonds. The Labute approximate surface area is 122 Å². The molecule has 19 heavy (non-hydrogen) atoms. The fourth-order valence-electron chi connectivity index (χ4n) is 1.81. The second-order valence-electron chi connectivity index (χ2n) is 4.93. The predicted octanol–water partition coefficient (Wildman–Crippen LogP) is 3.80. The first-order chi connectivity index (χ1) is 9.13. The van der Waals surface area contributed by atoms with E-state index in [9.17, 15) is 0 Å². The molecule has 0 fully saturated rings. The van der Waals surface area contributed by atoms with Gasteiger partial charge in [0.25, 0.3) is 0 Å². The number of nitrogens with one attached hydrogen (secondary N) is 1. The van der Waals surface area contributed by atoms with Crippen molar-refractivity contribution in [2.75, 3.05) is 26.3 Å². The molecule has 2 nitrogen and oxygen atoms in total. The van der Waals surface area contributed by atoms with Gasteiger partial charge in [-0.2, -0.15) is 0 Å². The van der Waals surface area contributed by atoms with Gasteiger partial charge >= 0.3 is 0 Å². The molecule has 0 saturated carbocycles. The molecule has 1 N–H and O–H groups in total. The number of rotatable bonds is 9. The van der Waals surface area contributed by atoms with Crippen molar-refractivity contribution in [3.05, 3.63) is 29.3 Å². The second-order valence-corrected chi connectivity index (χ2v) is 6.44. The zero-order chi connectivity index (χ0) is 14.1. The van der Waals surface area contributed by atoms with Crippen molar-refractivity contribution in [3.8, 4) is 0 Å². The average molecular weight is 281 g/mol. The van der Waals surface area contributed by atoms with Gasteiger partial charge in [-0.25, -0.2) is 0 Å². The first-order valence-corrected chi connectivity index (χ1v) is 8.03. The molecule has 108 valence electrons. The number of thioether (sulfide) groups is 1. The molecule has 1 aromatic carbocycles. The van der Waals surface area contributed by atoms with Gasteiger partial charge in [-0.3, -0.25) is 0 Å². The molecule has 0 aliphatic carbocycles. The van der Waals surface area contributed by atoms with E-state index in [0.29, 0.717) is 5.25 Å². The number of ether oxygens (including phenoxy) is 1. The predicted molar refractivity (Wildman–Crippen MR) is 85.2 cm³/mol. The van der Waals surface area contributed by atoms with Gasteiger partial charge < -0.3 is 10.1 Å². The highest BCUT2D eigenvalue weighted by molar-refractivity contribution is 8.00. The largest absolute Gasteiger partial charge is 0.382 e. The minimum absolute atomic E-state index is 0.592. The third-order valence-electron chi connectivity index (χ3n) is 3.09. The molecule has 1 aromatic rings. The fraction of sp³-hybridized carbons (Fsp3) is 0.625. The van der Waals surface area contributed by atoms with Gasteiger partial charge in [0.05, 0.1) is 0 Å². The summed E-state index contributed by atoms with van der Waals surface area (Å²) in [5, 5.41) is 4.08. The van der Waals surface area contributed by atoms with Crippen molar-refractivity contribution in [2.24, 2.45) is 0 Å². The van der Waals surface area contributed by atoms with E-state index in [1.807, 2.05) is 18.7 Å². The summed E-state index contributed by atoms with van der Waals surface area (Å²) in [7, 11) is 0. The Morgan fingerprint density at radius 2 is 2.05 bits per heavy atom. The monoisotopic (exact) mass is 281 g/mol. The highest BCUT2D eigenvalue weighted by atomic mass is 32.2. The summed E-state index contributed by atoms with van der Waals surface area (Å²) >= 11 is 1.94. The van der Waals surface area contributed by atoms with Gasteiger partial charge in [0.1, 0.15) is 0 Å². The number of hydrogen-bond acceptors (Lipinski definition) is 3. The van der Waals surface area contributed by atoms with Gasteiger partial charge in [0.15, 0.2) is 0 Å². The third-order valence-corrected chi connectivity index (χ3v) is 4.19. The Bertz CT molecular complexity index is 368. The Kier molecular flexibility index (Phi) is 8.19. The molecule has 1 atom stereocenters. The zero-order valence-corrected chi connectivity index (χ0v) is 13.5. The number of benzene rings is 1. The molecular weight excluding hydrogens is 254 g/mol. The Hall–Kier alpha value is -0.510. The second kappa shape index (κ2) is 9.40. The summed E-state index contributed by atoms with van der Waals surface area (Å²) in [4.78, 5) is 1.37. The molecular formula is C16H27NOS. The van der Waals surface area contributed by atoms with Crippen LogP contribution in [0.15, 0.2) is 23.1 Å². The van der Waals surface area contributed by atoms with Crippen LogP contribution >= 0.6 is 11.8 Å². The van der Waals surface area contributed by atoms with Crippen molar-refractivity contribution < 1.29 is 4.74 Å². The van der Waals surface area contributed by atoms with Crippen molar-refractivity contribution in [3.63, 3.8) is 0 Å². The lowest BCUT2D eigenvalue weighted by Gasteiger charge is -2.13. The highest BCUT2D eigenvalue weighted by Crippen LogP contribution is 2.24. The van der Waals surface area contributed by atoms with E-state index in [4.69, 9.17) is 4.74 Å². The van der Waals surface area contributed by atoms with Gasteiger partial charge in [0.2, 0.25) is 0 Å². The van der Waals surface area contributed by atoms with Crippen molar-refractivity contribution in [1.29, 1.82) is 0 Å². The molecule has 0 aliphatic heterocycles. The standard InChI is InChI=1S/C16H27NOS/c1-5-18-10-6-9-17-12-15(4)19-16-8-7-13(2)14(3)11-16/h7-8,11,15,17H,5-6,9-10,12H2,1-4H3. The Morgan fingerprint density at radius 3 is 2.74 bits per heavy atom. The molecule has 3 heteroatoms. The van der Waals surface area contributed by atoms with E-state index >= 15 is 0 Å².